The molecule has 4 heteroatoms. The Hall–Kier alpha value is -3.40. The summed E-state index contributed by atoms with van der Waals surface area (Å²) >= 11 is 0. The van der Waals surface area contributed by atoms with Crippen molar-refractivity contribution < 1.29 is 14.2 Å². The molecule has 0 aromatic heterocycles. The van der Waals surface area contributed by atoms with Gasteiger partial charge in [-0.2, -0.15) is 0 Å². The van der Waals surface area contributed by atoms with Crippen molar-refractivity contribution in [1.82, 2.24) is 0 Å². The molecule has 1 N–H and O–H groups in total. The lowest BCUT2D eigenvalue weighted by Gasteiger charge is -2.27. The third-order valence-corrected chi connectivity index (χ3v) is 5.04. The molecule has 28 heavy (non-hydrogen) atoms. The Morgan fingerprint density at radius 2 is 1.25 bits per heavy atom. The lowest BCUT2D eigenvalue weighted by Crippen LogP contribution is -2.15. The van der Waals surface area contributed by atoms with Crippen LogP contribution in [0.15, 0.2) is 72.8 Å². The summed E-state index contributed by atoms with van der Waals surface area (Å²) < 4.78 is 16.0. The highest BCUT2D eigenvalue weighted by Crippen LogP contribution is 2.40. The molecule has 1 atom stereocenters. The van der Waals surface area contributed by atoms with E-state index in [1.807, 2.05) is 36.4 Å². The monoisotopic (exact) mass is 373 g/mol. The Kier molecular flexibility index (Phi) is 4.94. The van der Waals surface area contributed by atoms with Crippen molar-refractivity contribution in [2.75, 3.05) is 26.6 Å². The fourth-order valence-corrected chi connectivity index (χ4v) is 3.48. The van der Waals surface area contributed by atoms with Crippen molar-refractivity contribution in [2.24, 2.45) is 0 Å². The minimum Gasteiger partial charge on any atom is -0.497 e. The molecule has 1 unspecified atom stereocenters. The molecule has 1 aliphatic heterocycles. The van der Waals surface area contributed by atoms with Crippen molar-refractivity contribution in [2.45, 2.75) is 6.04 Å². The lowest BCUT2D eigenvalue weighted by molar-refractivity contribution is 0.414. The van der Waals surface area contributed by atoms with Gasteiger partial charge >= 0.3 is 0 Å². The second-order valence-electron chi connectivity index (χ2n) is 6.62. The van der Waals surface area contributed by atoms with Crippen molar-refractivity contribution >= 4 is 11.3 Å². The maximum atomic E-state index is 5.43. The molecule has 1 heterocycles. The van der Waals surface area contributed by atoms with E-state index in [1.54, 1.807) is 21.3 Å². The first-order chi connectivity index (χ1) is 13.7. The summed E-state index contributed by atoms with van der Waals surface area (Å²) in [5.41, 5.74) is 5.69. The van der Waals surface area contributed by atoms with E-state index in [-0.39, 0.29) is 6.04 Å². The molecule has 3 aromatic carbocycles. The summed E-state index contributed by atoms with van der Waals surface area (Å²) in [6, 6.07) is 22.5. The summed E-state index contributed by atoms with van der Waals surface area (Å²) in [5, 5.41) is 3.63. The Balaban J connectivity index is 1.79. The molecule has 3 aromatic rings. The highest BCUT2D eigenvalue weighted by Gasteiger charge is 2.22. The molecule has 1 aliphatic rings. The molecule has 4 nitrogen and oxygen atoms in total. The van der Waals surface area contributed by atoms with Crippen LogP contribution in [0.25, 0.3) is 5.57 Å². The fraction of sp³-hybridized carbons (Fsp3) is 0.167. The van der Waals surface area contributed by atoms with Gasteiger partial charge in [0.1, 0.15) is 17.2 Å². The number of fused-ring (bicyclic) bond motifs is 1. The van der Waals surface area contributed by atoms with Crippen LogP contribution in [0.3, 0.4) is 0 Å². The summed E-state index contributed by atoms with van der Waals surface area (Å²) in [6.07, 6.45) is 2.26. The van der Waals surface area contributed by atoms with E-state index in [4.69, 9.17) is 14.2 Å². The van der Waals surface area contributed by atoms with Crippen molar-refractivity contribution in [3.05, 3.63) is 89.5 Å². The van der Waals surface area contributed by atoms with Crippen LogP contribution in [0.5, 0.6) is 17.2 Å². The van der Waals surface area contributed by atoms with E-state index < -0.39 is 0 Å². The maximum Gasteiger partial charge on any atom is 0.120 e. The van der Waals surface area contributed by atoms with Gasteiger partial charge in [-0.25, -0.2) is 0 Å². The molecule has 0 fully saturated rings. The number of methoxy groups -OCH3 is 3. The smallest absolute Gasteiger partial charge is 0.120 e. The van der Waals surface area contributed by atoms with Crippen molar-refractivity contribution in [3.63, 3.8) is 0 Å². The van der Waals surface area contributed by atoms with E-state index in [0.29, 0.717) is 0 Å². The van der Waals surface area contributed by atoms with Crippen LogP contribution in [-0.4, -0.2) is 21.3 Å². The third kappa shape index (κ3) is 3.41. The summed E-state index contributed by atoms with van der Waals surface area (Å²) in [5.74, 6) is 2.52. The van der Waals surface area contributed by atoms with E-state index >= 15 is 0 Å². The van der Waals surface area contributed by atoms with Crippen LogP contribution in [0.2, 0.25) is 0 Å². The van der Waals surface area contributed by atoms with Gasteiger partial charge in [0, 0.05) is 17.3 Å². The number of hydrogen-bond acceptors (Lipinski definition) is 4. The minimum atomic E-state index is 0.0441. The Labute approximate surface area is 165 Å². The molecule has 0 spiro atoms. The van der Waals surface area contributed by atoms with Gasteiger partial charge in [-0.05, 0) is 59.2 Å². The number of hydrogen-bond donors (Lipinski definition) is 1. The normalized spacial score (nSPS) is 15.1. The van der Waals surface area contributed by atoms with Crippen LogP contribution in [0.4, 0.5) is 5.69 Å². The van der Waals surface area contributed by atoms with Gasteiger partial charge in [0.15, 0.2) is 0 Å². The first-order valence-electron chi connectivity index (χ1n) is 9.17. The van der Waals surface area contributed by atoms with E-state index in [9.17, 15) is 0 Å². The maximum absolute atomic E-state index is 5.43. The van der Waals surface area contributed by atoms with Gasteiger partial charge in [0.05, 0.1) is 27.4 Å². The molecule has 0 amide bonds. The van der Waals surface area contributed by atoms with Gasteiger partial charge < -0.3 is 19.5 Å². The van der Waals surface area contributed by atoms with Crippen LogP contribution >= 0.6 is 0 Å². The minimum absolute atomic E-state index is 0.0441. The first-order valence-corrected chi connectivity index (χ1v) is 9.17. The summed E-state index contributed by atoms with van der Waals surface area (Å²) in [7, 11) is 5.05. The molecule has 0 bridgehead atoms. The average molecular weight is 373 g/mol. The second-order valence-corrected chi connectivity index (χ2v) is 6.62. The van der Waals surface area contributed by atoms with Gasteiger partial charge in [-0.3, -0.25) is 0 Å². The van der Waals surface area contributed by atoms with Gasteiger partial charge in [-0.1, -0.05) is 24.3 Å². The van der Waals surface area contributed by atoms with E-state index in [1.165, 1.54) is 11.1 Å². The average Bonchev–Trinajstić information content (AvgIpc) is 2.78. The highest BCUT2D eigenvalue weighted by molar-refractivity contribution is 5.89. The predicted octanol–water partition coefficient (Wildman–Crippen LogP) is 5.31. The molecule has 0 radical (unpaired) electrons. The quantitative estimate of drug-likeness (QED) is 0.658. The predicted molar refractivity (Wildman–Crippen MR) is 112 cm³/mol. The third-order valence-electron chi connectivity index (χ3n) is 5.04. The molecule has 0 saturated heterocycles. The van der Waals surface area contributed by atoms with E-state index in [2.05, 4.69) is 41.7 Å². The first kappa shape index (κ1) is 18.0. The molecular formula is C24H23NO3. The van der Waals surface area contributed by atoms with Crippen LogP contribution in [-0.2, 0) is 0 Å². The number of ether oxygens (including phenoxy) is 3. The molecule has 142 valence electrons. The zero-order chi connectivity index (χ0) is 19.5. The van der Waals surface area contributed by atoms with Crippen LogP contribution in [0, 0.1) is 0 Å². The van der Waals surface area contributed by atoms with Gasteiger partial charge in [0.2, 0.25) is 0 Å². The standard InChI is InChI=1S/C24H23NO3/c1-26-18-8-4-16(5-9-18)22-15-23(17-6-10-19(27-2)11-7-17)25-24-14-20(28-3)12-13-21(22)24/h4-15,23,25H,1-3H3. The fourth-order valence-electron chi connectivity index (χ4n) is 3.48. The number of benzene rings is 3. The van der Waals surface area contributed by atoms with Crippen molar-refractivity contribution in [3.8, 4) is 17.2 Å². The van der Waals surface area contributed by atoms with Crippen molar-refractivity contribution in [1.29, 1.82) is 0 Å². The summed E-state index contributed by atoms with van der Waals surface area (Å²) in [4.78, 5) is 0. The molecular weight excluding hydrogens is 350 g/mol. The number of nitrogens with one attached hydrogen (secondary N) is 1. The zero-order valence-electron chi connectivity index (χ0n) is 16.2. The Morgan fingerprint density at radius 3 is 1.86 bits per heavy atom. The van der Waals surface area contributed by atoms with Crippen LogP contribution in [0.1, 0.15) is 22.7 Å². The largest absolute Gasteiger partial charge is 0.497 e. The molecule has 0 aliphatic carbocycles. The Morgan fingerprint density at radius 1 is 0.679 bits per heavy atom. The molecule has 4 rings (SSSR count). The SMILES string of the molecule is COc1ccc(C2=CC(c3ccc(OC)cc3)Nc3cc(OC)ccc32)cc1. The zero-order valence-corrected chi connectivity index (χ0v) is 16.2. The molecule has 0 saturated carbocycles. The lowest BCUT2D eigenvalue weighted by atomic mass is 9.89. The number of rotatable bonds is 5. The summed E-state index contributed by atoms with van der Waals surface area (Å²) in [6.45, 7) is 0. The number of anilines is 1. The Bertz CT molecular complexity index is 991. The topological polar surface area (TPSA) is 39.7 Å². The van der Waals surface area contributed by atoms with E-state index in [0.717, 1.165) is 34.1 Å². The highest BCUT2D eigenvalue weighted by atomic mass is 16.5. The second kappa shape index (κ2) is 7.69. The van der Waals surface area contributed by atoms with Crippen LogP contribution < -0.4 is 19.5 Å². The van der Waals surface area contributed by atoms with Gasteiger partial charge in [0.25, 0.3) is 0 Å². The van der Waals surface area contributed by atoms with Gasteiger partial charge in [-0.15, -0.1) is 0 Å².